The summed E-state index contributed by atoms with van der Waals surface area (Å²) >= 11 is 5.76. The zero-order valence-electron chi connectivity index (χ0n) is 9.99. The van der Waals surface area contributed by atoms with E-state index in [0.29, 0.717) is 17.3 Å². The van der Waals surface area contributed by atoms with Gasteiger partial charge in [-0.25, -0.2) is 4.39 Å². The third-order valence-corrected chi connectivity index (χ3v) is 2.85. The Morgan fingerprint density at radius 1 is 1.21 bits per heavy atom. The van der Waals surface area contributed by atoms with Gasteiger partial charge in [0.05, 0.1) is 5.56 Å². The summed E-state index contributed by atoms with van der Waals surface area (Å²) in [6.45, 7) is 0.296. The number of hydrogen-bond acceptors (Lipinski definition) is 2. The summed E-state index contributed by atoms with van der Waals surface area (Å²) in [5.41, 5.74) is 6.69. The fourth-order valence-electron chi connectivity index (χ4n) is 1.60. The predicted octanol–water partition coefficient (Wildman–Crippen LogP) is 2.99. The van der Waals surface area contributed by atoms with Gasteiger partial charge >= 0.3 is 0 Å². The highest BCUT2D eigenvalue weighted by molar-refractivity contribution is 6.30. The average molecular weight is 279 g/mol. The monoisotopic (exact) mass is 278 g/mol. The summed E-state index contributed by atoms with van der Waals surface area (Å²) in [4.78, 5) is 11.8. The molecule has 0 atom stereocenters. The van der Waals surface area contributed by atoms with Crippen LogP contribution in [0.1, 0.15) is 15.9 Å². The summed E-state index contributed by atoms with van der Waals surface area (Å²) < 4.78 is 13.5. The van der Waals surface area contributed by atoms with E-state index in [2.05, 4.69) is 5.32 Å². The van der Waals surface area contributed by atoms with Crippen molar-refractivity contribution in [3.05, 3.63) is 64.4 Å². The highest BCUT2D eigenvalue weighted by Crippen LogP contribution is 2.13. The lowest BCUT2D eigenvalue weighted by Crippen LogP contribution is -2.23. The third kappa shape index (κ3) is 3.45. The van der Waals surface area contributed by atoms with E-state index < -0.39 is 11.7 Å². The molecule has 0 fully saturated rings. The molecule has 2 aromatic carbocycles. The molecular weight excluding hydrogens is 267 g/mol. The number of carbonyl (C=O) groups is 1. The van der Waals surface area contributed by atoms with E-state index in [9.17, 15) is 9.18 Å². The van der Waals surface area contributed by atoms with Gasteiger partial charge in [0.25, 0.3) is 5.91 Å². The lowest BCUT2D eigenvalue weighted by molar-refractivity contribution is 0.0947. The number of nitrogens with two attached hydrogens (primary N) is 1. The quantitative estimate of drug-likeness (QED) is 0.848. The predicted molar refractivity (Wildman–Crippen MR) is 73.4 cm³/mol. The Balaban J connectivity index is 2.05. The molecule has 0 aliphatic carbocycles. The topological polar surface area (TPSA) is 55.1 Å². The summed E-state index contributed by atoms with van der Waals surface area (Å²) in [7, 11) is 0. The summed E-state index contributed by atoms with van der Waals surface area (Å²) in [5.74, 6) is -1.09. The van der Waals surface area contributed by atoms with E-state index in [-0.39, 0.29) is 5.56 Å². The molecule has 0 aliphatic rings. The average Bonchev–Trinajstić information content (AvgIpc) is 2.40. The van der Waals surface area contributed by atoms with Gasteiger partial charge in [0.2, 0.25) is 0 Å². The number of nitrogens with one attached hydrogen (secondary N) is 1. The van der Waals surface area contributed by atoms with Crippen LogP contribution in [0, 0.1) is 5.82 Å². The van der Waals surface area contributed by atoms with Gasteiger partial charge in [-0.2, -0.15) is 0 Å². The Labute approximate surface area is 115 Å². The van der Waals surface area contributed by atoms with Gasteiger partial charge in [0.15, 0.2) is 0 Å². The number of anilines is 1. The van der Waals surface area contributed by atoms with Gasteiger partial charge in [0.1, 0.15) is 5.82 Å². The van der Waals surface area contributed by atoms with Crippen molar-refractivity contribution in [1.82, 2.24) is 5.32 Å². The number of amides is 1. The van der Waals surface area contributed by atoms with Crippen LogP contribution in [0.25, 0.3) is 0 Å². The van der Waals surface area contributed by atoms with Crippen LogP contribution in [0.3, 0.4) is 0 Å². The van der Waals surface area contributed by atoms with Crippen molar-refractivity contribution in [3.8, 4) is 0 Å². The molecule has 0 saturated heterocycles. The van der Waals surface area contributed by atoms with Gasteiger partial charge < -0.3 is 11.1 Å². The second-order valence-corrected chi connectivity index (χ2v) is 4.48. The first kappa shape index (κ1) is 13.4. The van der Waals surface area contributed by atoms with Crippen molar-refractivity contribution in [2.45, 2.75) is 6.54 Å². The number of nitrogen functional groups attached to an aromatic ring is 1. The molecule has 0 saturated carbocycles. The summed E-state index contributed by atoms with van der Waals surface area (Å²) in [6, 6.07) is 10.9. The van der Waals surface area contributed by atoms with Crippen LogP contribution in [-0.2, 0) is 6.54 Å². The maximum atomic E-state index is 13.5. The van der Waals surface area contributed by atoms with Crippen LogP contribution in [0.2, 0.25) is 5.02 Å². The fourth-order valence-corrected chi connectivity index (χ4v) is 1.72. The molecule has 0 heterocycles. The van der Waals surface area contributed by atoms with Crippen LogP contribution >= 0.6 is 11.6 Å². The van der Waals surface area contributed by atoms with Crippen LogP contribution < -0.4 is 11.1 Å². The second-order valence-electron chi connectivity index (χ2n) is 4.05. The number of benzene rings is 2. The smallest absolute Gasteiger partial charge is 0.254 e. The zero-order chi connectivity index (χ0) is 13.8. The SMILES string of the molecule is Nc1ccc(F)c(C(=O)NCc2ccc(Cl)cc2)c1. The molecular formula is C14H12ClFN2O. The van der Waals surface area contributed by atoms with Crippen LogP contribution in [0.5, 0.6) is 0 Å². The van der Waals surface area contributed by atoms with Crippen molar-refractivity contribution in [3.63, 3.8) is 0 Å². The lowest BCUT2D eigenvalue weighted by atomic mass is 10.1. The Kier molecular flexibility index (Phi) is 4.02. The summed E-state index contributed by atoms with van der Waals surface area (Å²) in [6.07, 6.45) is 0. The molecule has 2 rings (SSSR count). The number of carbonyl (C=O) groups excluding carboxylic acids is 1. The Morgan fingerprint density at radius 3 is 2.58 bits per heavy atom. The first-order chi connectivity index (χ1) is 9.06. The van der Waals surface area contributed by atoms with Gasteiger partial charge in [-0.3, -0.25) is 4.79 Å². The molecule has 5 heteroatoms. The molecule has 3 nitrogen and oxygen atoms in total. The molecule has 0 aromatic heterocycles. The van der Waals surface area contributed by atoms with Crippen LogP contribution in [-0.4, -0.2) is 5.91 Å². The van der Waals surface area contributed by atoms with E-state index in [1.54, 1.807) is 24.3 Å². The van der Waals surface area contributed by atoms with Crippen molar-refractivity contribution < 1.29 is 9.18 Å². The normalized spacial score (nSPS) is 10.2. The zero-order valence-corrected chi connectivity index (χ0v) is 10.7. The largest absolute Gasteiger partial charge is 0.399 e. The molecule has 1 amide bonds. The van der Waals surface area contributed by atoms with Gasteiger partial charge in [0, 0.05) is 17.3 Å². The van der Waals surface area contributed by atoms with E-state index in [1.165, 1.54) is 18.2 Å². The molecule has 98 valence electrons. The Bertz CT molecular complexity index is 599. The number of hydrogen-bond donors (Lipinski definition) is 2. The Morgan fingerprint density at radius 2 is 1.89 bits per heavy atom. The number of rotatable bonds is 3. The van der Waals surface area contributed by atoms with Gasteiger partial charge in [-0.05, 0) is 35.9 Å². The number of halogens is 2. The van der Waals surface area contributed by atoms with Crippen molar-refractivity contribution >= 4 is 23.2 Å². The van der Waals surface area contributed by atoms with E-state index in [0.717, 1.165) is 5.56 Å². The minimum Gasteiger partial charge on any atom is -0.399 e. The molecule has 3 N–H and O–H groups in total. The van der Waals surface area contributed by atoms with Gasteiger partial charge in [-0.15, -0.1) is 0 Å². The molecule has 0 bridgehead atoms. The molecule has 2 aromatic rings. The molecule has 0 spiro atoms. The van der Waals surface area contributed by atoms with E-state index in [1.807, 2.05) is 0 Å². The highest BCUT2D eigenvalue weighted by Gasteiger charge is 2.11. The van der Waals surface area contributed by atoms with Crippen molar-refractivity contribution in [2.24, 2.45) is 0 Å². The van der Waals surface area contributed by atoms with Crippen LogP contribution in [0.4, 0.5) is 10.1 Å². The minimum absolute atomic E-state index is 0.0611. The van der Waals surface area contributed by atoms with Gasteiger partial charge in [-0.1, -0.05) is 23.7 Å². The third-order valence-electron chi connectivity index (χ3n) is 2.60. The lowest BCUT2D eigenvalue weighted by Gasteiger charge is -2.07. The molecule has 0 unspecified atom stereocenters. The second kappa shape index (κ2) is 5.71. The molecule has 19 heavy (non-hydrogen) atoms. The first-order valence-electron chi connectivity index (χ1n) is 5.64. The Hall–Kier alpha value is -2.07. The fraction of sp³-hybridized carbons (Fsp3) is 0.0714. The molecule has 0 radical (unpaired) electrons. The standard InChI is InChI=1S/C14H12ClFN2O/c15-10-3-1-9(2-4-10)8-18-14(19)12-7-11(17)5-6-13(12)16/h1-7H,8,17H2,(H,18,19). The van der Waals surface area contributed by atoms with E-state index in [4.69, 9.17) is 17.3 Å². The highest BCUT2D eigenvalue weighted by atomic mass is 35.5. The van der Waals surface area contributed by atoms with Crippen molar-refractivity contribution in [2.75, 3.05) is 5.73 Å². The first-order valence-corrected chi connectivity index (χ1v) is 6.02. The minimum atomic E-state index is -0.595. The molecule has 0 aliphatic heterocycles. The maximum Gasteiger partial charge on any atom is 0.254 e. The summed E-state index contributed by atoms with van der Waals surface area (Å²) in [5, 5.41) is 3.25. The van der Waals surface area contributed by atoms with Crippen LogP contribution in [0.15, 0.2) is 42.5 Å². The van der Waals surface area contributed by atoms with Crippen molar-refractivity contribution in [1.29, 1.82) is 0 Å². The maximum absolute atomic E-state index is 13.5. The van der Waals surface area contributed by atoms with E-state index >= 15 is 0 Å².